The molecule has 1 rings (SSSR count). The molecule has 1 aliphatic rings. The Morgan fingerprint density at radius 2 is 1.89 bits per heavy atom. The first-order valence-corrected chi connectivity index (χ1v) is 8.37. The van der Waals surface area contributed by atoms with Crippen molar-refractivity contribution in [3.05, 3.63) is 0 Å². The molecule has 0 N–H and O–H groups in total. The summed E-state index contributed by atoms with van der Waals surface area (Å²) in [5.74, 6) is 0.527. The topological polar surface area (TPSA) is 64.4 Å². The van der Waals surface area contributed by atoms with E-state index in [0.717, 1.165) is 32.7 Å². The fourth-order valence-corrected chi connectivity index (χ4v) is 2.97. The van der Waals surface area contributed by atoms with Crippen LogP contribution >= 0.6 is 0 Å². The Bertz CT molecular complexity index is 381. The highest BCUT2D eigenvalue weighted by Crippen LogP contribution is 2.06. The first-order chi connectivity index (χ1) is 8.48. The van der Waals surface area contributed by atoms with Gasteiger partial charge >= 0.3 is 0 Å². The quantitative estimate of drug-likeness (QED) is 0.698. The molecule has 0 saturated carbocycles. The van der Waals surface area contributed by atoms with Gasteiger partial charge in [-0.25, -0.2) is 8.42 Å². The van der Waals surface area contributed by atoms with Crippen LogP contribution in [0.25, 0.3) is 0 Å². The Hall–Kier alpha value is -0.640. The molecule has 0 aliphatic carbocycles. The van der Waals surface area contributed by atoms with Crippen LogP contribution in [0.15, 0.2) is 0 Å². The number of nitrogens with zero attached hydrogens (tertiary/aromatic N) is 3. The zero-order valence-corrected chi connectivity index (χ0v) is 12.1. The van der Waals surface area contributed by atoms with Crippen LogP contribution < -0.4 is 0 Å². The van der Waals surface area contributed by atoms with Gasteiger partial charge in [-0.2, -0.15) is 5.26 Å². The molecular weight excluding hydrogens is 250 g/mol. The molecule has 0 aromatic heterocycles. The second kappa shape index (κ2) is 7.07. The SMILES string of the molecule is CCS(=O)(=O)CCCN1CCN(C(C)C#N)CC1. The van der Waals surface area contributed by atoms with Crippen LogP contribution in [0.2, 0.25) is 0 Å². The lowest BCUT2D eigenvalue weighted by Gasteiger charge is -2.35. The van der Waals surface area contributed by atoms with E-state index in [-0.39, 0.29) is 17.5 Å². The number of nitriles is 1. The van der Waals surface area contributed by atoms with Crippen molar-refractivity contribution in [2.24, 2.45) is 0 Å². The minimum absolute atomic E-state index is 0.0207. The predicted molar refractivity (Wildman–Crippen MR) is 72.0 cm³/mol. The highest BCUT2D eigenvalue weighted by Gasteiger charge is 2.20. The predicted octanol–water partition coefficient (Wildman–Crippen LogP) is 0.341. The molecule has 0 aromatic carbocycles. The smallest absolute Gasteiger partial charge is 0.150 e. The third kappa shape index (κ3) is 4.92. The number of hydrogen-bond acceptors (Lipinski definition) is 5. The Morgan fingerprint density at radius 1 is 1.28 bits per heavy atom. The summed E-state index contributed by atoms with van der Waals surface area (Å²) in [7, 11) is -2.83. The largest absolute Gasteiger partial charge is 0.301 e. The molecule has 0 spiro atoms. The van der Waals surface area contributed by atoms with Crippen molar-refractivity contribution in [1.29, 1.82) is 5.26 Å². The highest BCUT2D eigenvalue weighted by molar-refractivity contribution is 7.91. The maximum Gasteiger partial charge on any atom is 0.150 e. The first kappa shape index (κ1) is 15.4. The molecule has 0 amide bonds. The molecule has 18 heavy (non-hydrogen) atoms. The summed E-state index contributed by atoms with van der Waals surface area (Å²) < 4.78 is 22.7. The van der Waals surface area contributed by atoms with E-state index >= 15 is 0 Å². The monoisotopic (exact) mass is 273 g/mol. The Kier molecular flexibility index (Phi) is 6.06. The average Bonchev–Trinajstić information content (AvgIpc) is 2.38. The Morgan fingerprint density at radius 3 is 2.39 bits per heavy atom. The standard InChI is InChI=1S/C12H23N3O2S/c1-3-18(16,17)10-4-5-14-6-8-15(9-7-14)12(2)11-13/h12H,3-10H2,1-2H3. The normalized spacial score (nSPS) is 20.5. The second-order valence-corrected chi connectivity index (χ2v) is 7.25. The van der Waals surface area contributed by atoms with Gasteiger partial charge in [-0.3, -0.25) is 4.90 Å². The molecule has 1 fully saturated rings. The Balaban J connectivity index is 2.23. The van der Waals surface area contributed by atoms with Crippen molar-refractivity contribution in [3.63, 3.8) is 0 Å². The van der Waals surface area contributed by atoms with E-state index in [1.165, 1.54) is 0 Å². The van der Waals surface area contributed by atoms with Gasteiger partial charge in [0.1, 0.15) is 9.84 Å². The van der Waals surface area contributed by atoms with Gasteiger partial charge in [-0.15, -0.1) is 0 Å². The number of rotatable bonds is 6. The average molecular weight is 273 g/mol. The van der Waals surface area contributed by atoms with Crippen LogP contribution in [0.4, 0.5) is 0 Å². The zero-order valence-electron chi connectivity index (χ0n) is 11.3. The van der Waals surface area contributed by atoms with Crippen molar-refractivity contribution in [2.75, 3.05) is 44.2 Å². The maximum atomic E-state index is 11.4. The molecule has 0 radical (unpaired) electrons. The van der Waals surface area contributed by atoms with Gasteiger partial charge in [0.25, 0.3) is 0 Å². The van der Waals surface area contributed by atoms with Crippen molar-refractivity contribution in [2.45, 2.75) is 26.3 Å². The molecule has 1 atom stereocenters. The third-order valence-electron chi connectivity index (χ3n) is 3.51. The van der Waals surface area contributed by atoms with Crippen LogP contribution in [0, 0.1) is 11.3 Å². The van der Waals surface area contributed by atoms with Crippen LogP contribution in [0.5, 0.6) is 0 Å². The molecule has 104 valence electrons. The molecule has 5 nitrogen and oxygen atoms in total. The minimum atomic E-state index is -2.83. The maximum absolute atomic E-state index is 11.4. The summed E-state index contributed by atoms with van der Waals surface area (Å²) in [5, 5.41) is 8.84. The first-order valence-electron chi connectivity index (χ1n) is 6.55. The highest BCUT2D eigenvalue weighted by atomic mass is 32.2. The fourth-order valence-electron chi connectivity index (χ4n) is 2.11. The summed E-state index contributed by atoms with van der Waals surface area (Å²) in [5.41, 5.74) is 0. The van der Waals surface area contributed by atoms with Crippen molar-refractivity contribution < 1.29 is 8.42 Å². The van der Waals surface area contributed by atoms with Gasteiger partial charge in [0, 0.05) is 31.9 Å². The van der Waals surface area contributed by atoms with Crippen LogP contribution in [0.3, 0.4) is 0 Å². The van der Waals surface area contributed by atoms with E-state index in [1.807, 2.05) is 6.92 Å². The fraction of sp³-hybridized carbons (Fsp3) is 0.917. The minimum Gasteiger partial charge on any atom is -0.301 e. The van der Waals surface area contributed by atoms with Gasteiger partial charge in [0.15, 0.2) is 0 Å². The van der Waals surface area contributed by atoms with Crippen molar-refractivity contribution in [1.82, 2.24) is 9.80 Å². The third-order valence-corrected chi connectivity index (χ3v) is 5.30. The van der Waals surface area contributed by atoms with Crippen LogP contribution in [-0.4, -0.2) is 68.5 Å². The molecule has 0 aromatic rings. The molecule has 0 bridgehead atoms. The zero-order chi connectivity index (χ0) is 13.6. The van der Waals surface area contributed by atoms with Gasteiger partial charge in [-0.05, 0) is 19.9 Å². The van der Waals surface area contributed by atoms with E-state index in [2.05, 4.69) is 15.9 Å². The molecule has 1 aliphatic heterocycles. The lowest BCUT2D eigenvalue weighted by molar-refractivity contribution is 0.119. The number of piperazine rings is 1. The number of hydrogen-bond donors (Lipinski definition) is 0. The van der Waals surface area contributed by atoms with E-state index in [0.29, 0.717) is 6.42 Å². The van der Waals surface area contributed by atoms with E-state index < -0.39 is 9.84 Å². The van der Waals surface area contributed by atoms with Crippen LogP contribution in [0.1, 0.15) is 20.3 Å². The lowest BCUT2D eigenvalue weighted by Crippen LogP contribution is -2.49. The molecule has 6 heteroatoms. The van der Waals surface area contributed by atoms with Crippen molar-refractivity contribution >= 4 is 9.84 Å². The van der Waals surface area contributed by atoms with E-state index in [1.54, 1.807) is 6.92 Å². The van der Waals surface area contributed by atoms with Crippen molar-refractivity contribution in [3.8, 4) is 6.07 Å². The summed E-state index contributed by atoms with van der Waals surface area (Å²) in [6.45, 7) is 8.11. The van der Waals surface area contributed by atoms with Gasteiger partial charge in [0.2, 0.25) is 0 Å². The molecule has 1 heterocycles. The lowest BCUT2D eigenvalue weighted by atomic mass is 10.2. The van der Waals surface area contributed by atoms with Gasteiger partial charge in [-0.1, -0.05) is 6.92 Å². The van der Waals surface area contributed by atoms with Gasteiger partial charge < -0.3 is 4.90 Å². The number of sulfone groups is 1. The second-order valence-electron chi connectivity index (χ2n) is 4.77. The summed E-state index contributed by atoms with van der Waals surface area (Å²) >= 11 is 0. The van der Waals surface area contributed by atoms with E-state index in [4.69, 9.17) is 5.26 Å². The van der Waals surface area contributed by atoms with E-state index in [9.17, 15) is 8.42 Å². The molecular formula is C12H23N3O2S. The molecule has 1 saturated heterocycles. The van der Waals surface area contributed by atoms with Gasteiger partial charge in [0.05, 0.1) is 17.9 Å². The van der Waals surface area contributed by atoms with Crippen LogP contribution in [-0.2, 0) is 9.84 Å². The summed E-state index contributed by atoms with van der Waals surface area (Å²) in [6, 6.07) is 2.23. The Labute approximate surface area is 110 Å². The molecule has 1 unspecified atom stereocenters. The summed E-state index contributed by atoms with van der Waals surface area (Å²) in [4.78, 5) is 4.45. The summed E-state index contributed by atoms with van der Waals surface area (Å²) in [6.07, 6.45) is 0.712.